The molecule has 152 valence electrons. The Labute approximate surface area is 162 Å². The molecule has 1 amide bonds. The first-order valence-corrected chi connectivity index (χ1v) is 9.44. The molecule has 0 aliphatic carbocycles. The predicted molar refractivity (Wildman–Crippen MR) is 96.4 cm³/mol. The number of benzene rings is 1. The summed E-state index contributed by atoms with van der Waals surface area (Å²) in [7, 11) is 0. The molecule has 3 atom stereocenters. The summed E-state index contributed by atoms with van der Waals surface area (Å²) < 4.78 is 15.9. The predicted octanol–water partition coefficient (Wildman–Crippen LogP) is 0.0237. The van der Waals surface area contributed by atoms with E-state index in [-0.39, 0.29) is 25.7 Å². The van der Waals surface area contributed by atoms with Gasteiger partial charge in [-0.3, -0.25) is 14.5 Å². The molecule has 4 rings (SSSR count). The van der Waals surface area contributed by atoms with Crippen LogP contribution in [-0.4, -0.2) is 90.2 Å². The molecule has 2 fully saturated rings. The summed E-state index contributed by atoms with van der Waals surface area (Å²) >= 11 is 0. The molecule has 28 heavy (non-hydrogen) atoms. The molecule has 9 nitrogen and oxygen atoms in total. The summed E-state index contributed by atoms with van der Waals surface area (Å²) in [4.78, 5) is 28.7. The number of hydrogen-bond donors (Lipinski definition) is 2. The van der Waals surface area contributed by atoms with Gasteiger partial charge in [-0.05, 0) is 24.6 Å². The summed E-state index contributed by atoms with van der Waals surface area (Å²) in [5.41, 5.74) is 0.388. The number of β-amino-alcohol motifs (C(OH)–C–C–N with tert-alkyl or cyclic N) is 1. The molecule has 3 aliphatic rings. The maximum Gasteiger partial charge on any atom is 0.309 e. The third-order valence-corrected chi connectivity index (χ3v) is 5.54. The minimum absolute atomic E-state index is 0.110. The third-order valence-electron chi connectivity index (χ3n) is 5.54. The first kappa shape index (κ1) is 19.0. The lowest BCUT2D eigenvalue weighted by Crippen LogP contribution is -2.49. The Morgan fingerprint density at radius 2 is 1.93 bits per heavy atom. The van der Waals surface area contributed by atoms with Crippen LogP contribution in [0.5, 0.6) is 11.5 Å². The van der Waals surface area contributed by atoms with E-state index in [4.69, 9.17) is 14.2 Å². The molecule has 0 saturated carbocycles. The molecule has 3 unspecified atom stereocenters. The fraction of sp³-hybridized carbons (Fsp3) is 0.579. The first-order chi connectivity index (χ1) is 13.5. The number of carbonyl (C=O) groups excluding carboxylic acids is 1. The van der Waals surface area contributed by atoms with Crippen LogP contribution < -0.4 is 9.47 Å². The summed E-state index contributed by atoms with van der Waals surface area (Å²) in [5.74, 6) is -0.995. The van der Waals surface area contributed by atoms with Crippen molar-refractivity contribution in [3.63, 3.8) is 0 Å². The van der Waals surface area contributed by atoms with E-state index in [1.165, 1.54) is 4.90 Å². The second-order valence-corrected chi connectivity index (χ2v) is 7.34. The van der Waals surface area contributed by atoms with Crippen LogP contribution in [0.1, 0.15) is 16.8 Å². The largest absolute Gasteiger partial charge is 0.481 e. The number of carboxylic acids is 1. The Morgan fingerprint density at radius 1 is 1.18 bits per heavy atom. The monoisotopic (exact) mass is 392 g/mol. The van der Waals surface area contributed by atoms with Crippen LogP contribution >= 0.6 is 0 Å². The second-order valence-electron chi connectivity index (χ2n) is 7.34. The quantitative estimate of drug-likeness (QED) is 0.722. The number of fused-ring (bicyclic) bond motifs is 1. The Morgan fingerprint density at radius 3 is 2.68 bits per heavy atom. The van der Waals surface area contributed by atoms with Gasteiger partial charge in [-0.1, -0.05) is 0 Å². The number of amides is 1. The molecule has 0 radical (unpaired) electrons. The number of carbonyl (C=O) groups is 2. The highest BCUT2D eigenvalue weighted by atomic mass is 16.7. The van der Waals surface area contributed by atoms with E-state index in [0.29, 0.717) is 49.9 Å². The van der Waals surface area contributed by atoms with Crippen molar-refractivity contribution in [1.29, 1.82) is 0 Å². The lowest BCUT2D eigenvalue weighted by atomic mass is 9.95. The number of rotatable bonds is 5. The number of carboxylic acid groups (broad SMARTS) is 1. The standard InChI is InChI=1S/C19H24N2O7/c22-13-8-15(14(19(24)25)10-20-3-5-26-6-4-20)21(9-13)18(23)12-1-2-16-17(7-12)28-11-27-16/h1-2,7,13-15,22H,3-6,8-11H2,(H,24,25). The van der Waals surface area contributed by atoms with Crippen molar-refractivity contribution in [2.75, 3.05) is 46.2 Å². The minimum atomic E-state index is -0.964. The van der Waals surface area contributed by atoms with Gasteiger partial charge in [-0.15, -0.1) is 0 Å². The smallest absolute Gasteiger partial charge is 0.309 e. The fourth-order valence-electron chi connectivity index (χ4n) is 4.08. The maximum absolute atomic E-state index is 13.1. The first-order valence-electron chi connectivity index (χ1n) is 9.44. The highest BCUT2D eigenvalue weighted by Crippen LogP contribution is 2.34. The van der Waals surface area contributed by atoms with Crippen LogP contribution in [0.25, 0.3) is 0 Å². The van der Waals surface area contributed by atoms with Crippen molar-refractivity contribution in [3.8, 4) is 11.5 Å². The summed E-state index contributed by atoms with van der Waals surface area (Å²) in [6.45, 7) is 3.01. The second kappa shape index (κ2) is 7.94. The molecule has 0 bridgehead atoms. The Hall–Kier alpha value is -2.36. The number of aliphatic hydroxyl groups is 1. The maximum atomic E-state index is 13.1. The van der Waals surface area contributed by atoms with Crippen LogP contribution in [0.2, 0.25) is 0 Å². The van der Waals surface area contributed by atoms with E-state index < -0.39 is 24.0 Å². The number of nitrogens with zero attached hydrogens (tertiary/aromatic N) is 2. The van der Waals surface area contributed by atoms with E-state index in [1.54, 1.807) is 18.2 Å². The van der Waals surface area contributed by atoms with Gasteiger partial charge in [0.2, 0.25) is 6.79 Å². The molecule has 1 aromatic carbocycles. The Bertz CT molecular complexity index is 750. The van der Waals surface area contributed by atoms with Gasteiger partial charge in [-0.2, -0.15) is 0 Å². The van der Waals surface area contributed by atoms with Crippen LogP contribution in [-0.2, 0) is 9.53 Å². The molecule has 0 aromatic heterocycles. The number of hydrogen-bond acceptors (Lipinski definition) is 7. The van der Waals surface area contributed by atoms with E-state index in [0.717, 1.165) is 0 Å². The molecule has 2 saturated heterocycles. The molecule has 3 heterocycles. The zero-order chi connectivity index (χ0) is 19.7. The van der Waals surface area contributed by atoms with Gasteiger partial charge in [0, 0.05) is 37.8 Å². The zero-order valence-electron chi connectivity index (χ0n) is 15.5. The van der Waals surface area contributed by atoms with E-state index in [2.05, 4.69) is 0 Å². The van der Waals surface area contributed by atoms with Gasteiger partial charge in [-0.25, -0.2) is 0 Å². The Balaban J connectivity index is 1.54. The summed E-state index contributed by atoms with van der Waals surface area (Å²) in [6, 6.07) is 4.33. The van der Waals surface area contributed by atoms with Crippen molar-refractivity contribution in [2.45, 2.75) is 18.6 Å². The molecule has 2 N–H and O–H groups in total. The van der Waals surface area contributed by atoms with Gasteiger partial charge in [0.05, 0.1) is 25.2 Å². The van der Waals surface area contributed by atoms with E-state index in [9.17, 15) is 19.8 Å². The number of morpholine rings is 1. The lowest BCUT2D eigenvalue weighted by molar-refractivity contribution is -0.144. The van der Waals surface area contributed by atoms with Crippen molar-refractivity contribution in [3.05, 3.63) is 23.8 Å². The molecular weight excluding hydrogens is 368 g/mol. The molecular formula is C19H24N2O7. The summed E-state index contributed by atoms with van der Waals surface area (Å²) in [5, 5.41) is 20.0. The van der Waals surface area contributed by atoms with Crippen LogP contribution in [0.15, 0.2) is 18.2 Å². The average molecular weight is 392 g/mol. The van der Waals surface area contributed by atoms with E-state index in [1.807, 2.05) is 4.90 Å². The molecule has 1 aromatic rings. The Kier molecular flexibility index (Phi) is 5.38. The summed E-state index contributed by atoms with van der Waals surface area (Å²) in [6.07, 6.45) is -0.494. The van der Waals surface area contributed by atoms with Crippen molar-refractivity contribution >= 4 is 11.9 Å². The van der Waals surface area contributed by atoms with Gasteiger partial charge in [0.15, 0.2) is 11.5 Å². The minimum Gasteiger partial charge on any atom is -0.481 e. The number of aliphatic hydroxyl groups excluding tert-OH is 1. The van der Waals surface area contributed by atoms with Gasteiger partial charge >= 0.3 is 5.97 Å². The van der Waals surface area contributed by atoms with Crippen molar-refractivity contribution in [2.24, 2.45) is 5.92 Å². The van der Waals surface area contributed by atoms with E-state index >= 15 is 0 Å². The average Bonchev–Trinajstić information content (AvgIpc) is 3.31. The van der Waals surface area contributed by atoms with Gasteiger partial charge in [0.1, 0.15) is 0 Å². The molecule has 9 heteroatoms. The fourth-order valence-corrected chi connectivity index (χ4v) is 4.08. The number of aliphatic carboxylic acids is 1. The lowest BCUT2D eigenvalue weighted by Gasteiger charge is -2.34. The van der Waals surface area contributed by atoms with Crippen LogP contribution in [0, 0.1) is 5.92 Å². The molecule has 0 spiro atoms. The third kappa shape index (κ3) is 3.78. The van der Waals surface area contributed by atoms with Crippen LogP contribution in [0.4, 0.5) is 0 Å². The van der Waals surface area contributed by atoms with Gasteiger partial charge < -0.3 is 29.3 Å². The van der Waals surface area contributed by atoms with Gasteiger partial charge in [0.25, 0.3) is 5.91 Å². The zero-order valence-corrected chi connectivity index (χ0v) is 15.5. The van der Waals surface area contributed by atoms with Crippen LogP contribution in [0.3, 0.4) is 0 Å². The highest BCUT2D eigenvalue weighted by molar-refractivity contribution is 5.95. The number of likely N-dealkylation sites (tertiary alicyclic amines) is 1. The van der Waals surface area contributed by atoms with Crippen molar-refractivity contribution in [1.82, 2.24) is 9.80 Å². The topological polar surface area (TPSA) is 109 Å². The highest BCUT2D eigenvalue weighted by Gasteiger charge is 2.43. The van der Waals surface area contributed by atoms with Crippen molar-refractivity contribution < 1.29 is 34.0 Å². The normalized spacial score (nSPS) is 25.7. The number of ether oxygens (including phenoxy) is 3. The SMILES string of the molecule is O=C(O)C(CN1CCOCC1)C1CC(O)CN1C(=O)c1ccc2c(c1)OCO2. The molecule has 3 aliphatic heterocycles.